The van der Waals surface area contributed by atoms with Gasteiger partial charge in [-0.15, -0.1) is 11.8 Å². The number of hydrogen-bond donors (Lipinski definition) is 1. The Hall–Kier alpha value is -2.54. The SMILES string of the molecule is O=C(CN1CSCC1=O)Nc1cccc(OCc2ccc(F)cc2)c1. The summed E-state index contributed by atoms with van der Waals surface area (Å²) in [6, 6.07) is 13.1. The maximum Gasteiger partial charge on any atom is 0.244 e. The lowest BCUT2D eigenvalue weighted by atomic mass is 10.2. The van der Waals surface area contributed by atoms with Crippen LogP contribution in [-0.4, -0.2) is 34.9 Å². The Balaban J connectivity index is 1.54. The predicted molar refractivity (Wildman–Crippen MR) is 94.8 cm³/mol. The molecule has 5 nitrogen and oxygen atoms in total. The molecule has 0 unspecified atom stereocenters. The van der Waals surface area contributed by atoms with Gasteiger partial charge in [0.1, 0.15) is 24.7 Å². The fourth-order valence-electron chi connectivity index (χ4n) is 2.33. The number of hydrogen-bond acceptors (Lipinski definition) is 4. The second-order valence-corrected chi connectivity index (χ2v) is 6.52. The van der Waals surface area contributed by atoms with Crippen molar-refractivity contribution in [3.8, 4) is 5.75 Å². The van der Waals surface area contributed by atoms with Gasteiger partial charge in [-0.25, -0.2) is 4.39 Å². The molecule has 1 aliphatic heterocycles. The van der Waals surface area contributed by atoms with Gasteiger partial charge in [0.05, 0.1) is 11.6 Å². The Morgan fingerprint density at radius 1 is 1.24 bits per heavy atom. The number of anilines is 1. The summed E-state index contributed by atoms with van der Waals surface area (Å²) in [6.45, 7) is 0.351. The molecule has 0 aliphatic carbocycles. The Morgan fingerprint density at radius 2 is 2.04 bits per heavy atom. The van der Waals surface area contributed by atoms with Crippen molar-refractivity contribution in [3.05, 3.63) is 59.9 Å². The third kappa shape index (κ3) is 4.96. The lowest BCUT2D eigenvalue weighted by molar-refractivity contribution is -0.130. The molecule has 7 heteroatoms. The average Bonchev–Trinajstić information content (AvgIpc) is 2.99. The van der Waals surface area contributed by atoms with Crippen molar-refractivity contribution in [1.29, 1.82) is 0 Å². The van der Waals surface area contributed by atoms with Gasteiger partial charge in [-0.3, -0.25) is 9.59 Å². The van der Waals surface area contributed by atoms with Gasteiger partial charge in [0, 0.05) is 11.8 Å². The van der Waals surface area contributed by atoms with Crippen LogP contribution in [0.3, 0.4) is 0 Å². The molecule has 0 radical (unpaired) electrons. The number of carbonyl (C=O) groups is 2. The van der Waals surface area contributed by atoms with E-state index in [1.807, 2.05) is 0 Å². The molecule has 1 fully saturated rings. The van der Waals surface area contributed by atoms with E-state index >= 15 is 0 Å². The van der Waals surface area contributed by atoms with E-state index in [1.54, 1.807) is 36.4 Å². The van der Waals surface area contributed by atoms with Crippen LogP contribution in [0.5, 0.6) is 5.75 Å². The minimum absolute atomic E-state index is 0.0171. The van der Waals surface area contributed by atoms with Gasteiger partial charge in [0.2, 0.25) is 11.8 Å². The first-order valence-electron chi connectivity index (χ1n) is 7.73. The van der Waals surface area contributed by atoms with Gasteiger partial charge in [0.25, 0.3) is 0 Å². The zero-order chi connectivity index (χ0) is 17.6. The molecule has 25 heavy (non-hydrogen) atoms. The summed E-state index contributed by atoms with van der Waals surface area (Å²) in [5.41, 5.74) is 1.45. The molecule has 130 valence electrons. The zero-order valence-corrected chi connectivity index (χ0v) is 14.2. The van der Waals surface area contributed by atoms with Gasteiger partial charge < -0.3 is 15.0 Å². The van der Waals surface area contributed by atoms with Crippen molar-refractivity contribution in [3.63, 3.8) is 0 Å². The molecule has 0 spiro atoms. The molecule has 1 heterocycles. The van der Waals surface area contributed by atoms with Crippen LogP contribution >= 0.6 is 11.8 Å². The van der Waals surface area contributed by atoms with Crippen molar-refractivity contribution in [1.82, 2.24) is 4.90 Å². The molecule has 2 amide bonds. The minimum Gasteiger partial charge on any atom is -0.489 e. The van der Waals surface area contributed by atoms with Crippen LogP contribution in [0.4, 0.5) is 10.1 Å². The normalized spacial score (nSPS) is 13.8. The van der Waals surface area contributed by atoms with Crippen molar-refractivity contribution in [2.24, 2.45) is 0 Å². The first-order valence-corrected chi connectivity index (χ1v) is 8.88. The van der Waals surface area contributed by atoms with Crippen molar-refractivity contribution in [2.45, 2.75) is 6.61 Å². The van der Waals surface area contributed by atoms with E-state index in [9.17, 15) is 14.0 Å². The fourth-order valence-corrected chi connectivity index (χ4v) is 3.23. The Bertz CT molecular complexity index is 767. The van der Waals surface area contributed by atoms with E-state index in [0.717, 1.165) is 5.56 Å². The first kappa shape index (κ1) is 17.3. The summed E-state index contributed by atoms with van der Waals surface area (Å²) < 4.78 is 18.6. The number of thioether (sulfide) groups is 1. The van der Waals surface area contributed by atoms with Crippen molar-refractivity contribution in [2.75, 3.05) is 23.5 Å². The third-order valence-corrected chi connectivity index (χ3v) is 4.54. The Labute approximate surface area is 149 Å². The highest BCUT2D eigenvalue weighted by molar-refractivity contribution is 8.00. The highest BCUT2D eigenvalue weighted by Crippen LogP contribution is 2.19. The topological polar surface area (TPSA) is 58.6 Å². The lowest BCUT2D eigenvalue weighted by Crippen LogP contribution is -2.34. The number of halogens is 1. The largest absolute Gasteiger partial charge is 0.489 e. The molecule has 1 N–H and O–H groups in total. The molecule has 2 aromatic carbocycles. The van der Waals surface area contributed by atoms with Gasteiger partial charge in [-0.1, -0.05) is 18.2 Å². The number of nitrogens with zero attached hydrogens (tertiary/aromatic N) is 1. The summed E-state index contributed by atoms with van der Waals surface area (Å²) in [6.07, 6.45) is 0. The number of amides is 2. The van der Waals surface area contributed by atoms with Crippen LogP contribution in [0.15, 0.2) is 48.5 Å². The van der Waals surface area contributed by atoms with Crippen molar-refractivity contribution >= 4 is 29.3 Å². The van der Waals surface area contributed by atoms with E-state index < -0.39 is 0 Å². The molecular formula is C18H17FN2O3S. The van der Waals surface area contributed by atoms with Crippen LogP contribution in [-0.2, 0) is 16.2 Å². The quantitative estimate of drug-likeness (QED) is 0.861. The zero-order valence-electron chi connectivity index (χ0n) is 13.4. The van der Waals surface area contributed by atoms with Crippen LogP contribution in [0.2, 0.25) is 0 Å². The molecule has 2 aromatic rings. The summed E-state index contributed by atoms with van der Waals surface area (Å²) in [5.74, 6) is 1.02. The monoisotopic (exact) mass is 360 g/mol. The molecule has 0 saturated carbocycles. The molecule has 3 rings (SSSR count). The molecule has 1 aliphatic rings. The highest BCUT2D eigenvalue weighted by atomic mass is 32.2. The number of benzene rings is 2. The van der Waals surface area contributed by atoms with Gasteiger partial charge >= 0.3 is 0 Å². The van der Waals surface area contributed by atoms with Gasteiger partial charge in [-0.2, -0.15) is 0 Å². The van der Waals surface area contributed by atoms with E-state index in [-0.39, 0.29) is 24.2 Å². The van der Waals surface area contributed by atoms with E-state index in [2.05, 4.69) is 5.32 Å². The molecular weight excluding hydrogens is 343 g/mol. The number of rotatable bonds is 6. The van der Waals surface area contributed by atoms with Crippen LogP contribution in [0, 0.1) is 5.82 Å². The maximum atomic E-state index is 12.9. The van der Waals surface area contributed by atoms with Crippen LogP contribution in [0.1, 0.15) is 5.56 Å². The molecule has 0 atom stereocenters. The Morgan fingerprint density at radius 3 is 2.76 bits per heavy atom. The van der Waals surface area contributed by atoms with Crippen molar-refractivity contribution < 1.29 is 18.7 Å². The Kier molecular flexibility index (Phi) is 5.55. The summed E-state index contributed by atoms with van der Waals surface area (Å²) in [5, 5.41) is 2.76. The van der Waals surface area contributed by atoms with Crippen LogP contribution in [0.25, 0.3) is 0 Å². The smallest absolute Gasteiger partial charge is 0.244 e. The molecule has 0 bridgehead atoms. The van der Waals surface area contributed by atoms with Gasteiger partial charge in [0.15, 0.2) is 0 Å². The lowest BCUT2D eigenvalue weighted by Gasteiger charge is -2.14. The van der Waals surface area contributed by atoms with Crippen LogP contribution < -0.4 is 10.1 Å². The van der Waals surface area contributed by atoms with E-state index in [4.69, 9.17) is 4.74 Å². The minimum atomic E-state index is -0.289. The second kappa shape index (κ2) is 8.02. The highest BCUT2D eigenvalue weighted by Gasteiger charge is 2.22. The second-order valence-electron chi connectivity index (χ2n) is 5.56. The first-order chi connectivity index (χ1) is 12.1. The maximum absolute atomic E-state index is 12.9. The number of ether oxygens (including phenoxy) is 1. The number of carbonyl (C=O) groups excluding carboxylic acids is 2. The van der Waals surface area contributed by atoms with E-state index in [0.29, 0.717) is 29.7 Å². The number of nitrogens with one attached hydrogen (secondary N) is 1. The summed E-state index contributed by atoms with van der Waals surface area (Å²) in [7, 11) is 0. The third-order valence-electron chi connectivity index (χ3n) is 3.60. The summed E-state index contributed by atoms with van der Waals surface area (Å²) in [4.78, 5) is 25.1. The fraction of sp³-hybridized carbons (Fsp3) is 0.222. The summed E-state index contributed by atoms with van der Waals surface area (Å²) >= 11 is 1.50. The standard InChI is InChI=1S/C18H17FN2O3S/c19-14-6-4-13(5-7-14)10-24-16-3-1-2-15(8-16)20-17(22)9-21-12-25-11-18(21)23/h1-8H,9-12H2,(H,20,22). The predicted octanol–water partition coefficient (Wildman–Crippen LogP) is 2.88. The molecule has 0 aromatic heterocycles. The average molecular weight is 360 g/mol. The van der Waals surface area contributed by atoms with E-state index in [1.165, 1.54) is 28.8 Å². The van der Waals surface area contributed by atoms with Gasteiger partial charge in [-0.05, 0) is 29.8 Å². The molecule has 1 saturated heterocycles.